The first-order valence-corrected chi connectivity index (χ1v) is 5.22. The quantitative estimate of drug-likeness (QED) is 0.684. The third kappa shape index (κ3) is 1.40. The molecule has 0 bridgehead atoms. The summed E-state index contributed by atoms with van der Waals surface area (Å²) in [7, 11) is 2.14. The molecule has 2 saturated heterocycles. The fourth-order valence-electron chi connectivity index (χ4n) is 2.78. The van der Waals surface area contributed by atoms with Gasteiger partial charge in [0.15, 0.2) is 0 Å². The second-order valence-electron chi connectivity index (χ2n) is 4.86. The molecule has 0 unspecified atom stereocenters. The van der Waals surface area contributed by atoms with Crippen LogP contribution in [0.3, 0.4) is 0 Å². The van der Waals surface area contributed by atoms with Gasteiger partial charge < -0.3 is 9.80 Å². The van der Waals surface area contributed by atoms with E-state index in [1.807, 2.05) is 0 Å². The molecule has 0 aromatic carbocycles. The van der Waals surface area contributed by atoms with Crippen molar-refractivity contribution in [1.29, 1.82) is 0 Å². The Hall–Kier alpha value is -1.16. The second kappa shape index (κ2) is 2.92. The molecule has 0 atom stereocenters. The van der Waals surface area contributed by atoms with Gasteiger partial charge in [0.05, 0.1) is 6.20 Å². The Morgan fingerprint density at radius 3 is 2.53 bits per heavy atom. The smallest absolute Gasteiger partial charge is 0.141 e. The molecular formula is C11H14FN3. The lowest BCUT2D eigenvalue weighted by Gasteiger charge is -2.59. The van der Waals surface area contributed by atoms with Gasteiger partial charge in [-0.3, -0.25) is 0 Å². The first-order valence-electron chi connectivity index (χ1n) is 5.22. The third-order valence-corrected chi connectivity index (χ3v) is 3.30. The van der Waals surface area contributed by atoms with Crippen LogP contribution in [0, 0.1) is 11.2 Å². The maximum Gasteiger partial charge on any atom is 0.141 e. The zero-order valence-electron chi connectivity index (χ0n) is 8.78. The molecular weight excluding hydrogens is 193 g/mol. The van der Waals surface area contributed by atoms with Gasteiger partial charge in [-0.2, -0.15) is 0 Å². The van der Waals surface area contributed by atoms with Crippen LogP contribution < -0.4 is 4.90 Å². The van der Waals surface area contributed by atoms with Crippen LogP contribution in [0.25, 0.3) is 0 Å². The van der Waals surface area contributed by atoms with Crippen molar-refractivity contribution in [3.05, 3.63) is 24.1 Å². The summed E-state index contributed by atoms with van der Waals surface area (Å²) in [6.07, 6.45) is 1.28. The molecule has 0 radical (unpaired) electrons. The molecule has 0 N–H and O–H groups in total. The zero-order chi connectivity index (χ0) is 10.5. The summed E-state index contributed by atoms with van der Waals surface area (Å²) in [6.45, 7) is 4.50. The Morgan fingerprint density at radius 1 is 1.27 bits per heavy atom. The summed E-state index contributed by atoms with van der Waals surface area (Å²) >= 11 is 0. The first-order chi connectivity index (χ1) is 7.17. The van der Waals surface area contributed by atoms with Gasteiger partial charge in [0.1, 0.15) is 11.6 Å². The highest BCUT2D eigenvalue weighted by atomic mass is 19.1. The highest BCUT2D eigenvalue weighted by molar-refractivity contribution is 5.43. The van der Waals surface area contributed by atoms with Crippen molar-refractivity contribution in [3.8, 4) is 0 Å². The molecule has 0 aliphatic carbocycles. The SMILES string of the molecule is CN1CC2(C1)CN(c1ccc(F)cn1)C2. The van der Waals surface area contributed by atoms with E-state index in [2.05, 4.69) is 21.8 Å². The predicted molar refractivity (Wildman–Crippen MR) is 56.3 cm³/mol. The van der Waals surface area contributed by atoms with E-state index in [9.17, 15) is 4.39 Å². The number of aromatic nitrogens is 1. The van der Waals surface area contributed by atoms with E-state index in [4.69, 9.17) is 0 Å². The summed E-state index contributed by atoms with van der Waals surface area (Å²) in [5.74, 6) is 0.633. The fraction of sp³-hybridized carbons (Fsp3) is 0.545. The van der Waals surface area contributed by atoms with Crippen LogP contribution in [-0.2, 0) is 0 Å². The van der Waals surface area contributed by atoms with Crippen LogP contribution in [0.15, 0.2) is 18.3 Å². The Balaban J connectivity index is 1.65. The zero-order valence-corrected chi connectivity index (χ0v) is 8.78. The van der Waals surface area contributed by atoms with Crippen molar-refractivity contribution < 1.29 is 4.39 Å². The van der Waals surface area contributed by atoms with E-state index in [0.717, 1.165) is 18.9 Å². The van der Waals surface area contributed by atoms with Crippen molar-refractivity contribution in [2.24, 2.45) is 5.41 Å². The van der Waals surface area contributed by atoms with Crippen molar-refractivity contribution in [1.82, 2.24) is 9.88 Å². The van der Waals surface area contributed by atoms with Crippen LogP contribution in [-0.4, -0.2) is 43.1 Å². The average Bonchev–Trinajstić information content (AvgIpc) is 2.11. The lowest BCUT2D eigenvalue weighted by molar-refractivity contribution is -0.00280. The number of hydrogen-bond donors (Lipinski definition) is 0. The topological polar surface area (TPSA) is 19.4 Å². The maximum atomic E-state index is 12.7. The molecule has 1 aromatic rings. The van der Waals surface area contributed by atoms with Gasteiger partial charge in [-0.15, -0.1) is 0 Å². The Kier molecular flexibility index (Phi) is 1.77. The van der Waals surface area contributed by atoms with E-state index in [0.29, 0.717) is 5.41 Å². The van der Waals surface area contributed by atoms with Crippen LogP contribution >= 0.6 is 0 Å². The normalized spacial score (nSPS) is 23.7. The van der Waals surface area contributed by atoms with Gasteiger partial charge in [0.25, 0.3) is 0 Å². The Labute approximate surface area is 88.5 Å². The van der Waals surface area contributed by atoms with Gasteiger partial charge in [0.2, 0.25) is 0 Å². The van der Waals surface area contributed by atoms with E-state index in [1.54, 1.807) is 6.07 Å². The minimum absolute atomic E-state index is 0.266. The number of hydrogen-bond acceptors (Lipinski definition) is 3. The molecule has 1 spiro atoms. The average molecular weight is 207 g/mol. The Morgan fingerprint density at radius 2 is 2.00 bits per heavy atom. The molecule has 4 heteroatoms. The molecule has 3 nitrogen and oxygen atoms in total. The van der Waals surface area contributed by atoms with E-state index in [1.165, 1.54) is 25.4 Å². The molecule has 0 saturated carbocycles. The van der Waals surface area contributed by atoms with Crippen molar-refractivity contribution in [2.45, 2.75) is 0 Å². The van der Waals surface area contributed by atoms with Gasteiger partial charge in [-0.25, -0.2) is 9.37 Å². The Bertz CT molecular complexity index is 362. The summed E-state index contributed by atoms with van der Waals surface area (Å²) in [5.41, 5.74) is 0.505. The molecule has 3 rings (SSSR count). The summed E-state index contributed by atoms with van der Waals surface area (Å²) < 4.78 is 12.7. The summed E-state index contributed by atoms with van der Waals surface area (Å²) in [6, 6.07) is 3.23. The molecule has 2 aliphatic rings. The third-order valence-electron chi connectivity index (χ3n) is 3.30. The van der Waals surface area contributed by atoms with Gasteiger partial charge >= 0.3 is 0 Å². The molecule has 0 amide bonds. The number of pyridine rings is 1. The van der Waals surface area contributed by atoms with E-state index >= 15 is 0 Å². The molecule has 80 valence electrons. The van der Waals surface area contributed by atoms with Crippen LogP contribution in [0.5, 0.6) is 0 Å². The standard InChI is InChI=1S/C11H14FN3/c1-14-5-11(6-14)7-15(8-11)10-3-2-9(12)4-13-10/h2-4H,5-8H2,1H3. The molecule has 2 fully saturated rings. The minimum atomic E-state index is -0.266. The molecule has 3 heterocycles. The molecule has 15 heavy (non-hydrogen) atoms. The lowest BCUT2D eigenvalue weighted by Crippen LogP contribution is -2.71. The number of rotatable bonds is 1. The van der Waals surface area contributed by atoms with Crippen LogP contribution in [0.1, 0.15) is 0 Å². The lowest BCUT2D eigenvalue weighted by atomic mass is 9.73. The van der Waals surface area contributed by atoms with Crippen LogP contribution in [0.2, 0.25) is 0 Å². The van der Waals surface area contributed by atoms with Gasteiger partial charge in [0, 0.05) is 31.6 Å². The van der Waals surface area contributed by atoms with Crippen molar-refractivity contribution in [2.75, 3.05) is 38.1 Å². The monoisotopic (exact) mass is 207 g/mol. The van der Waals surface area contributed by atoms with Gasteiger partial charge in [-0.05, 0) is 19.2 Å². The van der Waals surface area contributed by atoms with Crippen molar-refractivity contribution >= 4 is 5.82 Å². The minimum Gasteiger partial charge on any atom is -0.355 e. The predicted octanol–water partition coefficient (Wildman–Crippen LogP) is 0.972. The van der Waals surface area contributed by atoms with E-state index in [-0.39, 0.29) is 5.82 Å². The molecule has 2 aliphatic heterocycles. The number of likely N-dealkylation sites (tertiary alicyclic amines) is 1. The number of anilines is 1. The number of halogens is 1. The highest BCUT2D eigenvalue weighted by Crippen LogP contribution is 2.40. The number of nitrogens with zero attached hydrogens (tertiary/aromatic N) is 3. The van der Waals surface area contributed by atoms with E-state index < -0.39 is 0 Å². The second-order valence-corrected chi connectivity index (χ2v) is 4.86. The highest BCUT2D eigenvalue weighted by Gasteiger charge is 2.50. The first kappa shape index (κ1) is 9.09. The fourth-order valence-corrected chi connectivity index (χ4v) is 2.78. The summed E-state index contributed by atoms with van der Waals surface area (Å²) in [4.78, 5) is 8.62. The maximum absolute atomic E-state index is 12.7. The van der Waals surface area contributed by atoms with Gasteiger partial charge in [-0.1, -0.05) is 0 Å². The molecule has 1 aromatic heterocycles. The van der Waals surface area contributed by atoms with Crippen molar-refractivity contribution in [3.63, 3.8) is 0 Å². The summed E-state index contributed by atoms with van der Waals surface area (Å²) in [5, 5.41) is 0. The largest absolute Gasteiger partial charge is 0.355 e. The van der Waals surface area contributed by atoms with Crippen LogP contribution in [0.4, 0.5) is 10.2 Å².